The Morgan fingerprint density at radius 2 is 1.89 bits per heavy atom. The van der Waals surface area contributed by atoms with Crippen LogP contribution in [-0.4, -0.2) is 43.8 Å². The minimum atomic E-state index is -0.362. The summed E-state index contributed by atoms with van der Waals surface area (Å²) >= 11 is 0. The zero-order chi connectivity index (χ0) is 13.8. The molecule has 0 aromatic heterocycles. The molecule has 1 amide bonds. The molecule has 1 rings (SSSR count). The normalized spacial score (nSPS) is 17.0. The Hall–Kier alpha value is -0.900. The van der Waals surface area contributed by atoms with E-state index >= 15 is 0 Å². The van der Waals surface area contributed by atoms with Crippen LogP contribution in [0, 0.1) is 11.3 Å². The number of ketones is 1. The van der Waals surface area contributed by atoms with Gasteiger partial charge in [-0.15, -0.1) is 0 Å². The molecule has 0 aromatic carbocycles. The molecule has 1 saturated carbocycles. The summed E-state index contributed by atoms with van der Waals surface area (Å²) in [5, 5.41) is 2.97. The molecule has 0 bridgehead atoms. The van der Waals surface area contributed by atoms with E-state index < -0.39 is 0 Å². The van der Waals surface area contributed by atoms with Gasteiger partial charge in [-0.2, -0.15) is 0 Å². The molecule has 0 aromatic rings. The van der Waals surface area contributed by atoms with Crippen LogP contribution in [0.25, 0.3) is 0 Å². The van der Waals surface area contributed by atoms with Crippen molar-refractivity contribution in [1.29, 1.82) is 0 Å². The second-order valence-corrected chi connectivity index (χ2v) is 5.99. The first kappa shape index (κ1) is 15.2. The summed E-state index contributed by atoms with van der Waals surface area (Å²) in [7, 11) is 4.04. The lowest BCUT2D eigenvalue weighted by Crippen LogP contribution is -2.35. The third kappa shape index (κ3) is 4.41. The molecule has 1 fully saturated rings. The van der Waals surface area contributed by atoms with Gasteiger partial charge in [-0.1, -0.05) is 13.8 Å². The van der Waals surface area contributed by atoms with Crippen LogP contribution in [0.4, 0.5) is 0 Å². The van der Waals surface area contributed by atoms with Crippen molar-refractivity contribution < 1.29 is 9.59 Å². The average Bonchev–Trinajstić information content (AvgIpc) is 3.04. The molecule has 0 spiro atoms. The lowest BCUT2D eigenvalue weighted by atomic mass is 9.93. The van der Waals surface area contributed by atoms with Crippen LogP contribution >= 0.6 is 0 Å². The van der Waals surface area contributed by atoms with Crippen LogP contribution in [0.5, 0.6) is 0 Å². The summed E-state index contributed by atoms with van der Waals surface area (Å²) in [4.78, 5) is 25.9. The first-order valence-corrected chi connectivity index (χ1v) is 6.83. The topological polar surface area (TPSA) is 49.4 Å². The Kier molecular flexibility index (Phi) is 5.32. The van der Waals surface area contributed by atoms with Crippen molar-refractivity contribution in [3.8, 4) is 0 Å². The van der Waals surface area contributed by atoms with Gasteiger partial charge in [0, 0.05) is 18.9 Å². The summed E-state index contributed by atoms with van der Waals surface area (Å²) < 4.78 is 0. The molecule has 0 heterocycles. The van der Waals surface area contributed by atoms with Gasteiger partial charge >= 0.3 is 0 Å². The number of Topliss-reactive ketones (excluding diaryl/α,β-unsaturated/α-hetero) is 1. The summed E-state index contributed by atoms with van der Waals surface area (Å²) in [6.45, 7) is 5.47. The van der Waals surface area contributed by atoms with E-state index in [-0.39, 0.29) is 23.0 Å². The minimum Gasteiger partial charge on any atom is -0.356 e. The molecule has 104 valence electrons. The first-order valence-electron chi connectivity index (χ1n) is 6.83. The van der Waals surface area contributed by atoms with Gasteiger partial charge in [-0.3, -0.25) is 9.59 Å². The van der Waals surface area contributed by atoms with Crippen LogP contribution in [0.1, 0.15) is 39.5 Å². The smallest absolute Gasteiger partial charge is 0.226 e. The highest BCUT2D eigenvalue weighted by Gasteiger charge is 2.50. The molecule has 1 aliphatic carbocycles. The Morgan fingerprint density at radius 1 is 1.28 bits per heavy atom. The van der Waals surface area contributed by atoms with Gasteiger partial charge in [-0.25, -0.2) is 0 Å². The largest absolute Gasteiger partial charge is 0.356 e. The van der Waals surface area contributed by atoms with Crippen molar-refractivity contribution in [2.75, 3.05) is 27.2 Å². The highest BCUT2D eigenvalue weighted by atomic mass is 16.2. The summed E-state index contributed by atoms with van der Waals surface area (Å²) in [5.74, 6) is 0.315. The highest BCUT2D eigenvalue weighted by molar-refractivity contribution is 5.92. The Bertz CT molecular complexity index is 307. The van der Waals surface area contributed by atoms with E-state index in [0.717, 1.165) is 25.8 Å². The maximum atomic E-state index is 12.1. The third-order valence-corrected chi connectivity index (χ3v) is 3.56. The van der Waals surface area contributed by atoms with Crippen LogP contribution < -0.4 is 5.32 Å². The van der Waals surface area contributed by atoms with Gasteiger partial charge < -0.3 is 10.2 Å². The Labute approximate surface area is 110 Å². The fourth-order valence-electron chi connectivity index (χ4n) is 1.96. The van der Waals surface area contributed by atoms with E-state index in [4.69, 9.17) is 0 Å². The van der Waals surface area contributed by atoms with E-state index in [9.17, 15) is 9.59 Å². The van der Waals surface area contributed by atoms with Gasteiger partial charge in [0.25, 0.3) is 0 Å². The molecular formula is C14H26N2O2. The Morgan fingerprint density at radius 3 is 2.33 bits per heavy atom. The van der Waals surface area contributed by atoms with Gasteiger partial charge in [0.2, 0.25) is 5.91 Å². The molecule has 0 unspecified atom stereocenters. The Balaban J connectivity index is 2.30. The first-order chi connectivity index (χ1) is 8.37. The van der Waals surface area contributed by atoms with Crippen LogP contribution in [-0.2, 0) is 9.59 Å². The van der Waals surface area contributed by atoms with Gasteiger partial charge in [0.15, 0.2) is 0 Å². The number of amides is 1. The number of carbonyl (C=O) groups excluding carboxylic acids is 2. The summed E-state index contributed by atoms with van der Waals surface area (Å²) in [6, 6.07) is 0. The zero-order valence-electron chi connectivity index (χ0n) is 12.1. The summed E-state index contributed by atoms with van der Waals surface area (Å²) in [5.41, 5.74) is -0.362. The van der Waals surface area contributed by atoms with Crippen molar-refractivity contribution in [3.63, 3.8) is 0 Å². The molecule has 4 nitrogen and oxygen atoms in total. The predicted octanol–water partition coefficient (Wildman–Crippen LogP) is 1.45. The van der Waals surface area contributed by atoms with Crippen molar-refractivity contribution >= 4 is 11.7 Å². The third-order valence-electron chi connectivity index (χ3n) is 3.56. The highest BCUT2D eigenvalue weighted by Crippen LogP contribution is 2.49. The van der Waals surface area contributed by atoms with Crippen molar-refractivity contribution in [1.82, 2.24) is 10.2 Å². The lowest BCUT2D eigenvalue weighted by molar-refractivity contribution is -0.132. The number of nitrogens with zero attached hydrogens (tertiary/aromatic N) is 1. The molecule has 0 atom stereocenters. The number of nitrogens with one attached hydrogen (secondary N) is 1. The molecule has 18 heavy (non-hydrogen) atoms. The standard InChI is InChI=1S/C14H26N2O2/c1-11(2)12(17)10-14(6-7-14)13(18)15-8-5-9-16(3)4/h11H,5-10H2,1-4H3,(H,15,18). The second-order valence-electron chi connectivity index (χ2n) is 5.99. The van der Waals surface area contributed by atoms with Crippen LogP contribution in [0.3, 0.4) is 0 Å². The fraction of sp³-hybridized carbons (Fsp3) is 0.857. The lowest BCUT2D eigenvalue weighted by Gasteiger charge is -2.16. The van der Waals surface area contributed by atoms with Crippen molar-refractivity contribution in [2.45, 2.75) is 39.5 Å². The maximum Gasteiger partial charge on any atom is 0.226 e. The molecule has 0 saturated heterocycles. The van der Waals surface area contributed by atoms with Crippen LogP contribution in [0.15, 0.2) is 0 Å². The van der Waals surface area contributed by atoms with E-state index in [1.54, 1.807) is 0 Å². The average molecular weight is 254 g/mol. The monoisotopic (exact) mass is 254 g/mol. The van der Waals surface area contributed by atoms with E-state index in [1.807, 2.05) is 27.9 Å². The molecule has 1 aliphatic rings. The number of carbonyl (C=O) groups is 2. The van der Waals surface area contributed by atoms with Gasteiger partial charge in [-0.05, 0) is 39.9 Å². The number of hydrogen-bond acceptors (Lipinski definition) is 3. The quantitative estimate of drug-likeness (QED) is 0.667. The molecule has 4 heteroatoms. The van der Waals surface area contributed by atoms with Crippen LogP contribution in [0.2, 0.25) is 0 Å². The SMILES string of the molecule is CC(C)C(=O)CC1(C(=O)NCCCN(C)C)CC1. The molecular weight excluding hydrogens is 228 g/mol. The maximum absolute atomic E-state index is 12.1. The molecule has 0 radical (unpaired) electrons. The summed E-state index contributed by atoms with van der Waals surface area (Å²) in [6.07, 6.45) is 3.10. The van der Waals surface area contributed by atoms with Gasteiger partial charge in [0.1, 0.15) is 5.78 Å². The van der Waals surface area contributed by atoms with Crippen molar-refractivity contribution in [2.24, 2.45) is 11.3 Å². The molecule has 1 N–H and O–H groups in total. The zero-order valence-corrected chi connectivity index (χ0v) is 12.1. The van der Waals surface area contributed by atoms with E-state index in [1.165, 1.54) is 0 Å². The number of hydrogen-bond donors (Lipinski definition) is 1. The fourth-order valence-corrected chi connectivity index (χ4v) is 1.96. The minimum absolute atomic E-state index is 0.0315. The van der Waals surface area contributed by atoms with E-state index in [2.05, 4.69) is 10.2 Å². The van der Waals surface area contributed by atoms with Gasteiger partial charge in [0.05, 0.1) is 5.41 Å². The van der Waals surface area contributed by atoms with Crippen molar-refractivity contribution in [3.05, 3.63) is 0 Å². The number of rotatable bonds is 8. The molecule has 0 aliphatic heterocycles. The second kappa shape index (κ2) is 6.32. The predicted molar refractivity (Wildman–Crippen MR) is 72.3 cm³/mol. The van der Waals surface area contributed by atoms with E-state index in [0.29, 0.717) is 13.0 Å².